The molecule has 1 aromatic heterocycles. The van der Waals surface area contributed by atoms with Crippen LogP contribution < -0.4 is 10.1 Å². The third-order valence-electron chi connectivity index (χ3n) is 5.06. The molecule has 30 heavy (non-hydrogen) atoms. The number of amides is 1. The largest absolute Gasteiger partial charge is 0.487 e. The van der Waals surface area contributed by atoms with Gasteiger partial charge in [-0.1, -0.05) is 44.2 Å². The first-order valence-corrected chi connectivity index (χ1v) is 11.2. The number of rotatable bonds is 10. The zero-order valence-electron chi connectivity index (χ0n) is 17.8. The minimum absolute atomic E-state index is 0.0789. The summed E-state index contributed by atoms with van der Waals surface area (Å²) >= 11 is 1.61. The van der Waals surface area contributed by atoms with Gasteiger partial charge in [0.05, 0.1) is 16.7 Å². The van der Waals surface area contributed by atoms with Gasteiger partial charge >= 0.3 is 0 Å². The van der Waals surface area contributed by atoms with Gasteiger partial charge in [0.1, 0.15) is 12.4 Å². The molecular weight excluding hydrogens is 394 g/mol. The molecule has 1 amide bonds. The van der Waals surface area contributed by atoms with Gasteiger partial charge in [-0.05, 0) is 49.8 Å². The fourth-order valence-corrected chi connectivity index (χ4v) is 4.02. The number of hydrogen-bond acceptors (Lipinski definition) is 5. The third-order valence-corrected chi connectivity index (χ3v) is 5.89. The second kappa shape index (κ2) is 10.9. The van der Waals surface area contributed by atoms with Crippen LogP contribution in [0.25, 0.3) is 0 Å². The van der Waals surface area contributed by atoms with E-state index in [1.165, 1.54) is 5.56 Å². The molecule has 6 heteroatoms. The number of ether oxygens (including phenoxy) is 1. The smallest absolute Gasteiger partial charge is 0.251 e. The molecule has 158 valence electrons. The number of thiazole rings is 1. The number of carbonyl (C=O) groups excluding carboxylic acids is 1. The lowest BCUT2D eigenvalue weighted by molar-refractivity contribution is 0.0935. The van der Waals surface area contributed by atoms with E-state index in [2.05, 4.69) is 41.2 Å². The van der Waals surface area contributed by atoms with Crippen LogP contribution in [-0.4, -0.2) is 35.4 Å². The average molecular weight is 424 g/mol. The fourth-order valence-electron chi connectivity index (χ4n) is 3.42. The summed E-state index contributed by atoms with van der Waals surface area (Å²) in [5.74, 6) is 0.646. The molecule has 0 radical (unpaired) electrons. The van der Waals surface area contributed by atoms with Crippen molar-refractivity contribution >= 4 is 17.2 Å². The summed E-state index contributed by atoms with van der Waals surface area (Å²) in [5.41, 5.74) is 2.75. The quantitative estimate of drug-likeness (QED) is 0.507. The highest BCUT2D eigenvalue weighted by Crippen LogP contribution is 2.20. The number of aromatic nitrogens is 1. The SMILES string of the molecule is CCN(CC)C(CNC(=O)c1ccc(OCc2csc(C)n2)cc1)c1ccccc1. The Hall–Kier alpha value is -2.70. The molecule has 5 nitrogen and oxygen atoms in total. The van der Waals surface area contributed by atoms with Crippen LogP contribution in [-0.2, 0) is 6.61 Å². The maximum atomic E-state index is 12.7. The molecule has 0 aliphatic carbocycles. The van der Waals surface area contributed by atoms with Crippen LogP contribution in [0, 0.1) is 6.92 Å². The van der Waals surface area contributed by atoms with Crippen molar-refractivity contribution in [2.24, 2.45) is 0 Å². The lowest BCUT2D eigenvalue weighted by Crippen LogP contribution is -2.38. The highest BCUT2D eigenvalue weighted by Gasteiger charge is 2.19. The second-order valence-electron chi connectivity index (χ2n) is 7.03. The molecule has 3 aromatic rings. The number of nitrogens with one attached hydrogen (secondary N) is 1. The number of nitrogens with zero attached hydrogens (tertiary/aromatic N) is 2. The van der Waals surface area contributed by atoms with Gasteiger partial charge in [-0.15, -0.1) is 11.3 Å². The van der Waals surface area contributed by atoms with Crippen molar-refractivity contribution in [2.45, 2.75) is 33.4 Å². The number of benzene rings is 2. The van der Waals surface area contributed by atoms with Gasteiger partial charge in [0, 0.05) is 17.5 Å². The van der Waals surface area contributed by atoms with Crippen LogP contribution in [0.3, 0.4) is 0 Å². The van der Waals surface area contributed by atoms with E-state index in [1.807, 2.05) is 42.6 Å². The minimum atomic E-state index is -0.0789. The van der Waals surface area contributed by atoms with Crippen molar-refractivity contribution in [1.82, 2.24) is 15.2 Å². The average Bonchev–Trinajstić information content (AvgIpc) is 3.21. The Morgan fingerprint density at radius 1 is 1.10 bits per heavy atom. The number of carbonyl (C=O) groups is 1. The van der Waals surface area contributed by atoms with Crippen molar-refractivity contribution in [1.29, 1.82) is 0 Å². The first-order chi connectivity index (χ1) is 14.6. The van der Waals surface area contributed by atoms with Crippen LogP contribution in [0.5, 0.6) is 5.75 Å². The van der Waals surface area contributed by atoms with Gasteiger partial charge in [-0.3, -0.25) is 9.69 Å². The van der Waals surface area contributed by atoms with E-state index in [1.54, 1.807) is 23.5 Å². The lowest BCUT2D eigenvalue weighted by Gasteiger charge is -2.30. The normalized spacial score (nSPS) is 12.0. The molecular formula is C24H29N3O2S. The summed E-state index contributed by atoms with van der Waals surface area (Å²) < 4.78 is 5.76. The van der Waals surface area contributed by atoms with Crippen LogP contribution in [0.1, 0.15) is 46.5 Å². The molecule has 0 saturated heterocycles. The van der Waals surface area contributed by atoms with Crippen LogP contribution in [0.15, 0.2) is 60.0 Å². The zero-order valence-corrected chi connectivity index (χ0v) is 18.6. The van der Waals surface area contributed by atoms with Gasteiger partial charge < -0.3 is 10.1 Å². The summed E-state index contributed by atoms with van der Waals surface area (Å²) in [5, 5.41) is 6.12. The molecule has 1 unspecified atom stereocenters. The van der Waals surface area contributed by atoms with E-state index < -0.39 is 0 Å². The maximum absolute atomic E-state index is 12.7. The second-order valence-corrected chi connectivity index (χ2v) is 8.09. The van der Waals surface area contributed by atoms with Crippen molar-refractivity contribution in [3.63, 3.8) is 0 Å². The van der Waals surface area contributed by atoms with E-state index >= 15 is 0 Å². The van der Waals surface area contributed by atoms with Gasteiger partial charge in [0.2, 0.25) is 0 Å². The van der Waals surface area contributed by atoms with Gasteiger partial charge in [-0.25, -0.2) is 4.98 Å². The summed E-state index contributed by atoms with van der Waals surface area (Å²) in [4.78, 5) is 19.4. The predicted octanol–water partition coefficient (Wildman–Crippen LogP) is 4.84. The minimum Gasteiger partial charge on any atom is -0.487 e. The Morgan fingerprint density at radius 3 is 2.40 bits per heavy atom. The highest BCUT2D eigenvalue weighted by atomic mass is 32.1. The fraction of sp³-hybridized carbons (Fsp3) is 0.333. The summed E-state index contributed by atoms with van der Waals surface area (Å²) in [6.07, 6.45) is 0. The zero-order chi connectivity index (χ0) is 21.3. The van der Waals surface area contributed by atoms with Gasteiger partial charge in [0.25, 0.3) is 5.91 Å². The molecule has 0 saturated carbocycles. The highest BCUT2D eigenvalue weighted by molar-refractivity contribution is 7.09. The Labute approximate surface area is 182 Å². The van der Waals surface area contributed by atoms with Crippen molar-refractivity contribution in [3.8, 4) is 5.75 Å². The standard InChI is InChI=1S/C24H29N3O2S/c1-4-27(5-2)23(19-9-7-6-8-10-19)15-25-24(28)20-11-13-22(14-12-20)29-16-21-17-30-18(3)26-21/h6-14,17,23H,4-5,15-16H2,1-3H3,(H,25,28). The van der Waals surface area contributed by atoms with Gasteiger partial charge in [0.15, 0.2) is 0 Å². The monoisotopic (exact) mass is 423 g/mol. The summed E-state index contributed by atoms with van der Waals surface area (Å²) in [6, 6.07) is 17.7. The lowest BCUT2D eigenvalue weighted by atomic mass is 10.0. The first kappa shape index (κ1) is 22.0. The Bertz CT molecular complexity index is 921. The van der Waals surface area contributed by atoms with Crippen LogP contribution >= 0.6 is 11.3 Å². The molecule has 1 N–H and O–H groups in total. The number of aryl methyl sites for hydroxylation is 1. The first-order valence-electron chi connectivity index (χ1n) is 10.3. The number of likely N-dealkylation sites (N-methyl/N-ethyl adjacent to an activating group) is 1. The molecule has 1 atom stereocenters. The molecule has 0 spiro atoms. The topological polar surface area (TPSA) is 54.5 Å². The molecule has 1 heterocycles. The molecule has 2 aromatic carbocycles. The Balaban J connectivity index is 1.58. The summed E-state index contributed by atoms with van der Waals surface area (Å²) in [6.45, 7) is 9.11. The van der Waals surface area contributed by atoms with Crippen molar-refractivity contribution < 1.29 is 9.53 Å². The van der Waals surface area contributed by atoms with Crippen molar-refractivity contribution in [3.05, 3.63) is 81.8 Å². The Kier molecular flexibility index (Phi) is 7.99. The maximum Gasteiger partial charge on any atom is 0.251 e. The van der Waals surface area contributed by atoms with Crippen molar-refractivity contribution in [2.75, 3.05) is 19.6 Å². The molecule has 0 fully saturated rings. The van der Waals surface area contributed by atoms with E-state index in [9.17, 15) is 4.79 Å². The summed E-state index contributed by atoms with van der Waals surface area (Å²) in [7, 11) is 0. The predicted molar refractivity (Wildman–Crippen MR) is 122 cm³/mol. The Morgan fingerprint density at radius 2 is 1.80 bits per heavy atom. The van der Waals surface area contributed by atoms with Crippen LogP contribution in [0.2, 0.25) is 0 Å². The van der Waals surface area contributed by atoms with E-state index in [0.717, 1.165) is 29.5 Å². The molecule has 0 aliphatic rings. The molecule has 0 aliphatic heterocycles. The molecule has 0 bridgehead atoms. The number of hydrogen-bond donors (Lipinski definition) is 1. The van der Waals surface area contributed by atoms with Gasteiger partial charge in [-0.2, -0.15) is 0 Å². The third kappa shape index (κ3) is 5.90. The van der Waals surface area contributed by atoms with E-state index in [4.69, 9.17) is 4.74 Å². The van der Waals surface area contributed by atoms with E-state index in [-0.39, 0.29) is 11.9 Å². The van der Waals surface area contributed by atoms with Crippen LogP contribution in [0.4, 0.5) is 0 Å². The van der Waals surface area contributed by atoms with E-state index in [0.29, 0.717) is 18.7 Å². The molecule has 3 rings (SSSR count).